The zero-order valence-corrected chi connectivity index (χ0v) is 20.9. The third kappa shape index (κ3) is 5.20. The van der Waals surface area contributed by atoms with E-state index in [0.29, 0.717) is 30.9 Å². The normalized spacial score (nSPS) is 34.4. The number of hydrogen-bond donors (Lipinski definition) is 0. The van der Waals surface area contributed by atoms with Crippen molar-refractivity contribution < 1.29 is 27.4 Å². The Morgan fingerprint density at radius 1 is 1.00 bits per heavy atom. The average molecular weight is 501 g/mol. The molecule has 194 valence electrons. The third-order valence-corrected chi connectivity index (χ3v) is 8.77. The van der Waals surface area contributed by atoms with E-state index in [-0.39, 0.29) is 47.3 Å². The van der Waals surface area contributed by atoms with Gasteiger partial charge in [-0.05, 0) is 98.3 Å². The van der Waals surface area contributed by atoms with Gasteiger partial charge >= 0.3 is 5.97 Å². The summed E-state index contributed by atoms with van der Waals surface area (Å²) in [6.07, 6.45) is 11.8. The topological polar surface area (TPSA) is 38.8 Å². The van der Waals surface area contributed by atoms with Crippen molar-refractivity contribution in [2.24, 2.45) is 29.6 Å². The molecule has 3 atom stereocenters. The fraction of sp³-hybridized carbons (Fsp3) is 0.567. The maximum atomic E-state index is 14.9. The highest BCUT2D eigenvalue weighted by Crippen LogP contribution is 2.43. The summed E-state index contributed by atoms with van der Waals surface area (Å²) in [7, 11) is 0. The van der Waals surface area contributed by atoms with Gasteiger partial charge in [0.05, 0.1) is 18.6 Å². The number of carbonyl (C=O) groups is 1. The third-order valence-electron chi connectivity index (χ3n) is 8.77. The van der Waals surface area contributed by atoms with Crippen LogP contribution in [0, 0.1) is 41.2 Å². The van der Waals surface area contributed by atoms with Crippen molar-refractivity contribution in [3.8, 4) is 5.75 Å². The lowest BCUT2D eigenvalue weighted by atomic mass is 9.74. The Hall–Kier alpha value is -2.34. The molecule has 1 saturated heterocycles. The van der Waals surface area contributed by atoms with Gasteiger partial charge in [0, 0.05) is 5.92 Å². The van der Waals surface area contributed by atoms with Crippen LogP contribution in [0.1, 0.15) is 69.8 Å². The fourth-order valence-corrected chi connectivity index (χ4v) is 6.46. The lowest BCUT2D eigenvalue weighted by molar-refractivity contribution is -0.140. The first-order valence-corrected chi connectivity index (χ1v) is 13.4. The lowest BCUT2D eigenvalue weighted by Gasteiger charge is -2.31. The van der Waals surface area contributed by atoms with Gasteiger partial charge in [-0.3, -0.25) is 4.79 Å². The molecule has 6 heteroatoms. The van der Waals surface area contributed by atoms with Gasteiger partial charge in [-0.15, -0.1) is 6.58 Å². The second kappa shape index (κ2) is 10.6. The van der Waals surface area contributed by atoms with Crippen LogP contribution in [0.25, 0.3) is 0 Å². The van der Waals surface area contributed by atoms with E-state index in [9.17, 15) is 18.0 Å². The van der Waals surface area contributed by atoms with Gasteiger partial charge in [-0.1, -0.05) is 25.1 Å². The van der Waals surface area contributed by atoms with Gasteiger partial charge in [0.25, 0.3) is 0 Å². The van der Waals surface area contributed by atoms with Crippen LogP contribution < -0.4 is 4.74 Å². The molecule has 4 aliphatic rings. The molecule has 0 bridgehead atoms. The van der Waals surface area contributed by atoms with Gasteiger partial charge in [0.1, 0.15) is 5.83 Å². The first-order chi connectivity index (χ1) is 17.4. The van der Waals surface area contributed by atoms with Crippen LogP contribution in [0.4, 0.5) is 13.2 Å². The van der Waals surface area contributed by atoms with E-state index in [1.807, 2.05) is 13.0 Å². The Balaban J connectivity index is 1.17. The molecule has 3 fully saturated rings. The smallest absolute Gasteiger partial charge is 0.314 e. The molecule has 0 aromatic heterocycles. The molecule has 1 aliphatic heterocycles. The average Bonchev–Trinajstić information content (AvgIpc) is 3.72. The fourth-order valence-electron chi connectivity index (χ4n) is 6.46. The van der Waals surface area contributed by atoms with E-state index in [1.165, 1.54) is 6.07 Å². The molecular formula is C30H35F3O3. The molecule has 2 saturated carbocycles. The number of allylic oxidation sites excluding steroid dienone is 4. The van der Waals surface area contributed by atoms with E-state index in [4.69, 9.17) is 9.47 Å². The number of epoxide rings is 1. The predicted octanol–water partition coefficient (Wildman–Crippen LogP) is 7.58. The molecule has 0 radical (unpaired) electrons. The SMILES string of the molecule is C=CC1CCC(c2ccc(OC(=O)C3CCC(C4=C[C@H](C)C(C5CO5)C(F)=C4)CC3)c(F)c2F)CC1. The molecule has 2 unspecified atom stereocenters. The van der Waals surface area contributed by atoms with Crippen LogP contribution >= 0.6 is 0 Å². The zero-order valence-electron chi connectivity index (χ0n) is 20.9. The van der Waals surface area contributed by atoms with Gasteiger partial charge < -0.3 is 9.47 Å². The minimum absolute atomic E-state index is 0.00821. The van der Waals surface area contributed by atoms with E-state index >= 15 is 0 Å². The minimum atomic E-state index is -1.09. The number of halogens is 3. The first kappa shape index (κ1) is 25.3. The highest BCUT2D eigenvalue weighted by molar-refractivity contribution is 5.75. The highest BCUT2D eigenvalue weighted by atomic mass is 19.2. The molecule has 0 spiro atoms. The molecule has 3 aliphatic carbocycles. The Morgan fingerprint density at radius 2 is 1.67 bits per heavy atom. The second-order valence-electron chi connectivity index (χ2n) is 11.1. The van der Waals surface area contributed by atoms with Crippen LogP contribution in [0.3, 0.4) is 0 Å². The van der Waals surface area contributed by atoms with Crippen molar-refractivity contribution in [2.75, 3.05) is 6.61 Å². The van der Waals surface area contributed by atoms with E-state index in [1.54, 1.807) is 12.1 Å². The van der Waals surface area contributed by atoms with Crippen molar-refractivity contribution in [3.05, 3.63) is 65.5 Å². The van der Waals surface area contributed by atoms with Crippen LogP contribution in [0.2, 0.25) is 0 Å². The molecule has 36 heavy (non-hydrogen) atoms. The molecule has 3 nitrogen and oxygen atoms in total. The summed E-state index contributed by atoms with van der Waals surface area (Å²) >= 11 is 0. The molecule has 1 heterocycles. The molecule has 1 aromatic rings. The molecule has 0 amide bonds. The summed E-state index contributed by atoms with van der Waals surface area (Å²) in [5, 5.41) is 0. The Bertz CT molecular complexity index is 1060. The lowest BCUT2D eigenvalue weighted by Crippen LogP contribution is -2.28. The van der Waals surface area contributed by atoms with Crippen LogP contribution in [-0.4, -0.2) is 18.7 Å². The summed E-state index contributed by atoms with van der Waals surface area (Å²) in [5.74, 6) is -2.86. The Labute approximate surface area is 211 Å². The summed E-state index contributed by atoms with van der Waals surface area (Å²) in [6, 6.07) is 2.95. The number of carbonyl (C=O) groups excluding carboxylic acids is 1. The standard InChI is InChI=1S/C30H35F3O3/c1-3-18-4-6-20(7-5-18)23-12-13-25(29(33)28(23)32)36-30(34)21-10-8-19(9-11-21)22-14-17(2)27(24(31)15-22)26-16-35-26/h3,12-15,17-21,26-27H,1,4-11,16H2,2H3/t17-,18?,19?,20?,21?,26?,27?/m0/s1. The number of hydrogen-bond acceptors (Lipinski definition) is 3. The number of rotatable bonds is 6. The molecule has 1 aromatic carbocycles. The van der Waals surface area contributed by atoms with Gasteiger partial charge in [0.15, 0.2) is 11.6 Å². The van der Waals surface area contributed by atoms with Gasteiger partial charge in [0.2, 0.25) is 5.82 Å². The Morgan fingerprint density at radius 3 is 2.28 bits per heavy atom. The monoisotopic (exact) mass is 500 g/mol. The van der Waals surface area contributed by atoms with Crippen molar-refractivity contribution in [2.45, 2.75) is 70.3 Å². The number of esters is 1. The van der Waals surface area contributed by atoms with Crippen molar-refractivity contribution >= 4 is 5.97 Å². The highest BCUT2D eigenvalue weighted by Gasteiger charge is 2.41. The van der Waals surface area contributed by atoms with E-state index in [2.05, 4.69) is 12.7 Å². The van der Waals surface area contributed by atoms with E-state index in [0.717, 1.165) is 44.1 Å². The number of ether oxygens (including phenoxy) is 2. The molecular weight excluding hydrogens is 465 g/mol. The second-order valence-corrected chi connectivity index (χ2v) is 11.1. The van der Waals surface area contributed by atoms with E-state index < -0.39 is 17.6 Å². The van der Waals surface area contributed by atoms with Crippen molar-refractivity contribution in [1.29, 1.82) is 0 Å². The minimum Gasteiger partial charge on any atom is -0.423 e. The van der Waals surface area contributed by atoms with Crippen LogP contribution in [0.15, 0.2) is 48.3 Å². The summed E-state index contributed by atoms with van der Waals surface area (Å²) in [5.41, 5.74) is 1.36. The van der Waals surface area contributed by atoms with Crippen molar-refractivity contribution in [3.63, 3.8) is 0 Å². The summed E-state index contributed by atoms with van der Waals surface area (Å²) in [4.78, 5) is 12.8. The largest absolute Gasteiger partial charge is 0.423 e. The van der Waals surface area contributed by atoms with Crippen LogP contribution in [-0.2, 0) is 9.53 Å². The maximum absolute atomic E-state index is 14.9. The van der Waals surface area contributed by atoms with Gasteiger partial charge in [-0.25, -0.2) is 8.78 Å². The van der Waals surface area contributed by atoms with Crippen LogP contribution in [0.5, 0.6) is 5.75 Å². The quantitative estimate of drug-likeness (QED) is 0.175. The molecule has 5 rings (SSSR count). The zero-order chi connectivity index (χ0) is 25.4. The maximum Gasteiger partial charge on any atom is 0.314 e. The first-order valence-electron chi connectivity index (χ1n) is 13.4. The Kier molecular flexibility index (Phi) is 7.43. The van der Waals surface area contributed by atoms with Gasteiger partial charge in [-0.2, -0.15) is 4.39 Å². The molecule has 0 N–H and O–H groups in total. The number of benzene rings is 1. The summed E-state index contributed by atoms with van der Waals surface area (Å²) < 4.78 is 55.0. The van der Waals surface area contributed by atoms with Crippen molar-refractivity contribution in [1.82, 2.24) is 0 Å². The summed E-state index contributed by atoms with van der Waals surface area (Å²) in [6.45, 7) is 6.47. The predicted molar refractivity (Wildman–Crippen MR) is 132 cm³/mol.